The highest BCUT2D eigenvalue weighted by molar-refractivity contribution is 6.30. The molecule has 146 valence electrons. The van der Waals surface area contributed by atoms with Crippen LogP contribution < -0.4 is 9.47 Å². The number of ether oxygens (including phenoxy) is 2. The third kappa shape index (κ3) is 5.96. The van der Waals surface area contributed by atoms with Gasteiger partial charge in [0, 0.05) is 17.3 Å². The number of hydrogen-bond acceptors (Lipinski definition) is 5. The van der Waals surface area contributed by atoms with Gasteiger partial charge in [0.05, 0.1) is 12.8 Å². The van der Waals surface area contributed by atoms with Crippen LogP contribution in [-0.2, 0) is 4.79 Å². The van der Waals surface area contributed by atoms with Gasteiger partial charge in [-0.05, 0) is 71.8 Å². The topological polar surface area (TPSA) is 68.1 Å². The summed E-state index contributed by atoms with van der Waals surface area (Å²) in [4.78, 5) is 16.4. The van der Waals surface area contributed by atoms with Crippen molar-refractivity contribution >= 4 is 35.5 Å². The van der Waals surface area contributed by atoms with Crippen LogP contribution in [0.2, 0.25) is 5.02 Å². The van der Waals surface area contributed by atoms with E-state index in [9.17, 15) is 9.90 Å². The molecule has 5 nitrogen and oxygen atoms in total. The lowest BCUT2D eigenvalue weighted by Crippen LogP contribution is -2.05. The van der Waals surface area contributed by atoms with Crippen LogP contribution in [-0.4, -0.2) is 24.4 Å². The van der Waals surface area contributed by atoms with Gasteiger partial charge in [-0.15, -0.1) is 0 Å². The van der Waals surface area contributed by atoms with Crippen molar-refractivity contribution in [2.24, 2.45) is 4.99 Å². The quantitative estimate of drug-likeness (QED) is 0.256. The van der Waals surface area contributed by atoms with Gasteiger partial charge in [0.25, 0.3) is 0 Å². The highest BCUT2D eigenvalue weighted by atomic mass is 35.5. The zero-order chi connectivity index (χ0) is 20.6. The summed E-state index contributed by atoms with van der Waals surface area (Å²) in [5.74, 6) is 0.374. The van der Waals surface area contributed by atoms with Gasteiger partial charge in [0.1, 0.15) is 5.75 Å². The fourth-order valence-electron chi connectivity index (χ4n) is 2.42. The Morgan fingerprint density at radius 3 is 2.34 bits per heavy atom. The number of hydrogen-bond donors (Lipinski definition) is 1. The van der Waals surface area contributed by atoms with Crippen molar-refractivity contribution in [3.63, 3.8) is 0 Å². The smallest absolute Gasteiger partial charge is 0.336 e. The van der Waals surface area contributed by atoms with Crippen molar-refractivity contribution in [2.45, 2.75) is 0 Å². The maximum atomic E-state index is 12.1. The van der Waals surface area contributed by atoms with Crippen molar-refractivity contribution in [3.8, 4) is 17.2 Å². The number of carbonyl (C=O) groups is 1. The standard InChI is InChI=1S/C23H18ClNO4/c1-28-22-14-17(15-25-19-8-10-20(26)11-9-19)4-12-21(22)29-23(27)13-5-16-2-6-18(24)7-3-16/h2-15,26H,1H3. The average molecular weight is 408 g/mol. The predicted molar refractivity (Wildman–Crippen MR) is 114 cm³/mol. The number of methoxy groups -OCH3 is 1. The molecule has 0 spiro atoms. The number of aromatic hydroxyl groups is 1. The van der Waals surface area contributed by atoms with E-state index in [1.165, 1.54) is 13.2 Å². The van der Waals surface area contributed by atoms with Gasteiger partial charge in [-0.1, -0.05) is 23.7 Å². The van der Waals surface area contributed by atoms with E-state index in [-0.39, 0.29) is 5.75 Å². The first-order valence-electron chi connectivity index (χ1n) is 8.70. The fourth-order valence-corrected chi connectivity index (χ4v) is 2.54. The number of phenols is 1. The van der Waals surface area contributed by atoms with Crippen LogP contribution in [0.25, 0.3) is 6.08 Å². The highest BCUT2D eigenvalue weighted by Gasteiger charge is 2.08. The summed E-state index contributed by atoms with van der Waals surface area (Å²) in [5, 5.41) is 9.93. The molecule has 0 saturated carbocycles. The first kappa shape index (κ1) is 20.2. The van der Waals surface area contributed by atoms with E-state index >= 15 is 0 Å². The lowest BCUT2D eigenvalue weighted by Gasteiger charge is -2.08. The molecule has 0 heterocycles. The van der Waals surface area contributed by atoms with Crippen molar-refractivity contribution in [2.75, 3.05) is 7.11 Å². The summed E-state index contributed by atoms with van der Waals surface area (Å²) in [7, 11) is 1.50. The second-order valence-corrected chi connectivity index (χ2v) is 6.43. The second kappa shape index (κ2) is 9.57. The van der Waals surface area contributed by atoms with Gasteiger partial charge in [0.2, 0.25) is 0 Å². The van der Waals surface area contributed by atoms with Gasteiger partial charge in [-0.25, -0.2) is 4.79 Å². The SMILES string of the molecule is COc1cc(C=Nc2ccc(O)cc2)ccc1OC(=O)C=Cc1ccc(Cl)cc1. The molecule has 0 radical (unpaired) electrons. The average Bonchev–Trinajstić information content (AvgIpc) is 2.73. The Hall–Kier alpha value is -3.57. The van der Waals surface area contributed by atoms with E-state index in [0.717, 1.165) is 11.1 Å². The molecular formula is C23H18ClNO4. The lowest BCUT2D eigenvalue weighted by atomic mass is 10.2. The number of phenolic OH excluding ortho intramolecular Hbond substituents is 1. The number of aliphatic imine (C=N–C) groups is 1. The van der Waals surface area contributed by atoms with E-state index in [1.54, 1.807) is 79.0 Å². The molecule has 0 bridgehead atoms. The molecule has 0 aliphatic carbocycles. The summed E-state index contributed by atoms with van der Waals surface area (Å²) in [6.45, 7) is 0. The van der Waals surface area contributed by atoms with Crippen molar-refractivity contribution in [1.29, 1.82) is 0 Å². The van der Waals surface area contributed by atoms with Crippen LogP contribution in [0.3, 0.4) is 0 Å². The summed E-state index contributed by atoms with van der Waals surface area (Å²) in [6.07, 6.45) is 4.63. The van der Waals surface area contributed by atoms with Crippen LogP contribution in [0.5, 0.6) is 17.2 Å². The van der Waals surface area contributed by atoms with Gasteiger partial charge < -0.3 is 14.6 Å². The Bertz CT molecular complexity index is 1040. The van der Waals surface area contributed by atoms with Crippen molar-refractivity contribution in [3.05, 3.63) is 89.0 Å². The molecule has 3 rings (SSSR count). The minimum Gasteiger partial charge on any atom is -0.508 e. The molecule has 6 heteroatoms. The van der Waals surface area contributed by atoms with Gasteiger partial charge in [-0.2, -0.15) is 0 Å². The fraction of sp³-hybridized carbons (Fsp3) is 0.0435. The highest BCUT2D eigenvalue weighted by Crippen LogP contribution is 2.28. The summed E-state index contributed by atoms with van der Waals surface area (Å²) >= 11 is 5.84. The molecule has 3 aromatic carbocycles. The van der Waals surface area contributed by atoms with Crippen LogP contribution in [0.1, 0.15) is 11.1 Å². The van der Waals surface area contributed by atoms with E-state index in [4.69, 9.17) is 21.1 Å². The van der Waals surface area contributed by atoms with Crippen molar-refractivity contribution in [1.82, 2.24) is 0 Å². The molecule has 0 saturated heterocycles. The molecular weight excluding hydrogens is 390 g/mol. The monoisotopic (exact) mass is 407 g/mol. The van der Waals surface area contributed by atoms with Crippen LogP contribution >= 0.6 is 11.6 Å². The molecule has 0 aromatic heterocycles. The number of halogens is 1. The zero-order valence-corrected chi connectivity index (χ0v) is 16.3. The van der Waals surface area contributed by atoms with E-state index in [0.29, 0.717) is 22.2 Å². The van der Waals surface area contributed by atoms with Crippen LogP contribution in [0.15, 0.2) is 77.8 Å². The molecule has 0 atom stereocenters. The molecule has 1 N–H and O–H groups in total. The Balaban J connectivity index is 1.68. The largest absolute Gasteiger partial charge is 0.508 e. The van der Waals surface area contributed by atoms with Crippen LogP contribution in [0.4, 0.5) is 5.69 Å². The minimum absolute atomic E-state index is 0.182. The molecule has 0 unspecified atom stereocenters. The Morgan fingerprint density at radius 1 is 0.966 bits per heavy atom. The van der Waals surface area contributed by atoms with Crippen LogP contribution in [0, 0.1) is 0 Å². The second-order valence-electron chi connectivity index (χ2n) is 5.99. The Labute approximate surface area is 173 Å². The molecule has 0 aliphatic heterocycles. The number of carbonyl (C=O) groups excluding carboxylic acids is 1. The number of benzene rings is 3. The minimum atomic E-state index is -0.524. The number of nitrogens with zero attached hydrogens (tertiary/aromatic N) is 1. The molecule has 29 heavy (non-hydrogen) atoms. The molecule has 3 aromatic rings. The maximum absolute atomic E-state index is 12.1. The summed E-state index contributed by atoms with van der Waals surface area (Å²) in [5.41, 5.74) is 2.30. The van der Waals surface area contributed by atoms with Crippen molar-refractivity contribution < 1.29 is 19.4 Å². The Morgan fingerprint density at radius 2 is 1.66 bits per heavy atom. The Kier molecular flexibility index (Phi) is 6.66. The van der Waals surface area contributed by atoms with E-state index in [1.807, 2.05) is 0 Å². The predicted octanol–water partition coefficient (Wildman–Crippen LogP) is 5.42. The van der Waals surface area contributed by atoms with Gasteiger partial charge in [0.15, 0.2) is 11.5 Å². The maximum Gasteiger partial charge on any atom is 0.336 e. The third-order valence-corrected chi connectivity index (χ3v) is 4.14. The molecule has 0 aliphatic rings. The molecule has 0 amide bonds. The lowest BCUT2D eigenvalue weighted by molar-refractivity contribution is -0.129. The first-order valence-corrected chi connectivity index (χ1v) is 9.08. The number of rotatable bonds is 6. The van der Waals surface area contributed by atoms with E-state index < -0.39 is 5.97 Å². The zero-order valence-electron chi connectivity index (χ0n) is 15.6. The van der Waals surface area contributed by atoms with Gasteiger partial charge >= 0.3 is 5.97 Å². The van der Waals surface area contributed by atoms with E-state index in [2.05, 4.69) is 4.99 Å². The summed E-state index contributed by atoms with van der Waals surface area (Å²) in [6, 6.07) is 18.7. The first-order chi connectivity index (χ1) is 14.0. The number of esters is 1. The third-order valence-electron chi connectivity index (χ3n) is 3.89. The summed E-state index contributed by atoms with van der Waals surface area (Å²) < 4.78 is 10.7. The normalized spacial score (nSPS) is 11.1. The molecule has 0 fully saturated rings. The van der Waals surface area contributed by atoms with Gasteiger partial charge in [-0.3, -0.25) is 4.99 Å².